The van der Waals surface area contributed by atoms with Crippen molar-refractivity contribution in [1.29, 1.82) is 0 Å². The van der Waals surface area contributed by atoms with Gasteiger partial charge in [-0.2, -0.15) is 0 Å². The summed E-state index contributed by atoms with van der Waals surface area (Å²) in [5, 5.41) is 7.17. The highest BCUT2D eigenvalue weighted by atomic mass is 16.3. The zero-order valence-electron chi connectivity index (χ0n) is 28.4. The van der Waals surface area contributed by atoms with Gasteiger partial charge in [0.1, 0.15) is 11.2 Å². The number of benzene rings is 9. The molecule has 0 saturated carbocycles. The van der Waals surface area contributed by atoms with Gasteiger partial charge in [0.15, 0.2) is 0 Å². The molecule has 0 fully saturated rings. The Balaban J connectivity index is 1.29. The summed E-state index contributed by atoms with van der Waals surface area (Å²) >= 11 is 0. The summed E-state index contributed by atoms with van der Waals surface area (Å²) in [5.41, 5.74) is 13.9. The average molecular weight is 661 g/mol. The van der Waals surface area contributed by atoms with Crippen LogP contribution in [0.25, 0.3) is 76.9 Å². The molecule has 0 N–H and O–H groups in total. The van der Waals surface area contributed by atoms with Crippen LogP contribution in [0.15, 0.2) is 199 Å². The van der Waals surface area contributed by atoms with Crippen LogP contribution < -0.4 is 0 Å². The van der Waals surface area contributed by atoms with E-state index in [1.165, 1.54) is 77.2 Å². The monoisotopic (exact) mass is 660 g/mol. The maximum atomic E-state index is 6.54. The molecule has 0 spiro atoms. The van der Waals surface area contributed by atoms with Crippen LogP contribution in [-0.2, 0) is 5.41 Å². The van der Waals surface area contributed by atoms with Crippen LogP contribution >= 0.6 is 0 Å². The molecular formula is C51H32O. The second-order valence-corrected chi connectivity index (χ2v) is 14.0. The largest absolute Gasteiger partial charge is 0.456 e. The summed E-state index contributed by atoms with van der Waals surface area (Å²) in [6.07, 6.45) is 0. The van der Waals surface area contributed by atoms with E-state index in [9.17, 15) is 0 Å². The molecule has 0 saturated heterocycles. The Kier molecular flexibility index (Phi) is 6.23. The third kappa shape index (κ3) is 4.05. The first-order chi connectivity index (χ1) is 25.8. The van der Waals surface area contributed by atoms with Crippen molar-refractivity contribution < 1.29 is 4.42 Å². The zero-order valence-corrected chi connectivity index (χ0v) is 28.4. The van der Waals surface area contributed by atoms with Crippen molar-refractivity contribution in [1.82, 2.24) is 0 Å². The van der Waals surface area contributed by atoms with Gasteiger partial charge >= 0.3 is 0 Å². The Morgan fingerprint density at radius 3 is 1.75 bits per heavy atom. The SMILES string of the molecule is c1ccc(-c2cc3ccc(-c4cccc5oc6cc7ccccc7cc6c45)cc3c3c2-c2ccccc2C3(c2ccccc2)c2ccccc2)cc1. The van der Waals surface area contributed by atoms with E-state index in [-0.39, 0.29) is 0 Å². The van der Waals surface area contributed by atoms with Crippen molar-refractivity contribution in [3.05, 3.63) is 216 Å². The van der Waals surface area contributed by atoms with E-state index in [0.717, 1.165) is 21.9 Å². The summed E-state index contributed by atoms with van der Waals surface area (Å²) in [7, 11) is 0. The number of rotatable bonds is 4. The van der Waals surface area contributed by atoms with Gasteiger partial charge in [0.05, 0.1) is 5.41 Å². The molecule has 10 aromatic rings. The van der Waals surface area contributed by atoms with Crippen molar-refractivity contribution in [3.63, 3.8) is 0 Å². The van der Waals surface area contributed by atoms with Gasteiger partial charge in [-0.3, -0.25) is 0 Å². The van der Waals surface area contributed by atoms with Crippen LogP contribution in [0.2, 0.25) is 0 Å². The summed E-state index contributed by atoms with van der Waals surface area (Å²) in [4.78, 5) is 0. The predicted octanol–water partition coefficient (Wildman–Crippen LogP) is 13.6. The standard InChI is InChI=1S/C51H32O/c1-4-15-33(16-5-1)42-30-37-28-27-36(40-24-14-26-46-48(40)44-29-34-17-10-11-18-35(34)32-47(44)52-46)31-43(37)50-49(42)41-23-12-13-25-45(41)51(50,38-19-6-2-7-20-38)39-21-8-3-9-22-39/h1-32H. The molecule has 11 rings (SSSR count). The Labute approximate surface area is 302 Å². The van der Waals surface area contributed by atoms with Crippen molar-refractivity contribution >= 4 is 43.5 Å². The highest BCUT2D eigenvalue weighted by molar-refractivity contribution is 6.16. The van der Waals surface area contributed by atoms with Crippen molar-refractivity contribution in [3.8, 4) is 33.4 Å². The summed E-state index contributed by atoms with van der Waals surface area (Å²) < 4.78 is 6.54. The fraction of sp³-hybridized carbons (Fsp3) is 0.0196. The highest BCUT2D eigenvalue weighted by Crippen LogP contribution is 2.60. The first-order valence-corrected chi connectivity index (χ1v) is 18.0. The number of fused-ring (bicyclic) bond motifs is 9. The smallest absolute Gasteiger partial charge is 0.136 e. The Morgan fingerprint density at radius 1 is 0.365 bits per heavy atom. The molecule has 1 aliphatic rings. The lowest BCUT2D eigenvalue weighted by Crippen LogP contribution is -2.28. The Bertz CT molecular complexity index is 2950. The molecule has 0 radical (unpaired) electrons. The van der Waals surface area contributed by atoms with E-state index >= 15 is 0 Å². The van der Waals surface area contributed by atoms with Crippen LogP contribution in [0, 0.1) is 0 Å². The topological polar surface area (TPSA) is 13.1 Å². The lowest BCUT2D eigenvalue weighted by Gasteiger charge is -2.35. The molecule has 0 bridgehead atoms. The third-order valence-corrected chi connectivity index (χ3v) is 11.3. The third-order valence-electron chi connectivity index (χ3n) is 11.3. The minimum atomic E-state index is -0.538. The van der Waals surface area contributed by atoms with Crippen molar-refractivity contribution in [2.75, 3.05) is 0 Å². The van der Waals surface area contributed by atoms with Crippen LogP contribution in [-0.4, -0.2) is 0 Å². The highest BCUT2D eigenvalue weighted by Gasteiger charge is 2.48. The van der Waals surface area contributed by atoms with E-state index < -0.39 is 5.41 Å². The molecule has 1 heteroatoms. The zero-order chi connectivity index (χ0) is 34.2. The van der Waals surface area contributed by atoms with Gasteiger partial charge in [-0.15, -0.1) is 0 Å². The Hall–Kier alpha value is -6.70. The molecule has 0 atom stereocenters. The minimum Gasteiger partial charge on any atom is -0.456 e. The molecule has 1 heterocycles. The summed E-state index contributed by atoms with van der Waals surface area (Å²) in [6, 6.07) is 71.2. The van der Waals surface area contributed by atoms with Crippen molar-refractivity contribution in [2.45, 2.75) is 5.41 Å². The van der Waals surface area contributed by atoms with E-state index in [0.29, 0.717) is 0 Å². The van der Waals surface area contributed by atoms with Gasteiger partial charge < -0.3 is 4.42 Å². The molecule has 9 aromatic carbocycles. The maximum Gasteiger partial charge on any atom is 0.136 e. The van der Waals surface area contributed by atoms with Crippen molar-refractivity contribution in [2.24, 2.45) is 0 Å². The lowest BCUT2D eigenvalue weighted by molar-refractivity contribution is 0.669. The molecule has 0 amide bonds. The summed E-state index contributed by atoms with van der Waals surface area (Å²) in [5.74, 6) is 0. The molecule has 242 valence electrons. The van der Waals surface area contributed by atoms with Gasteiger partial charge in [0.25, 0.3) is 0 Å². The average Bonchev–Trinajstić information content (AvgIpc) is 3.74. The van der Waals surface area contributed by atoms with Crippen LogP contribution in [0.4, 0.5) is 0 Å². The number of furan rings is 1. The lowest BCUT2D eigenvalue weighted by atomic mass is 9.66. The second kappa shape index (κ2) is 11.2. The van der Waals surface area contributed by atoms with E-state index in [4.69, 9.17) is 4.42 Å². The number of hydrogen-bond donors (Lipinski definition) is 0. The quantitative estimate of drug-likeness (QED) is 0.183. The maximum absolute atomic E-state index is 6.54. The van der Waals surface area contributed by atoms with Crippen LogP contribution in [0.3, 0.4) is 0 Å². The van der Waals surface area contributed by atoms with Gasteiger partial charge in [-0.1, -0.05) is 164 Å². The molecule has 1 aromatic heterocycles. The molecule has 52 heavy (non-hydrogen) atoms. The van der Waals surface area contributed by atoms with Gasteiger partial charge in [-0.05, 0) is 108 Å². The van der Waals surface area contributed by atoms with Crippen LogP contribution in [0.1, 0.15) is 22.3 Å². The number of hydrogen-bond acceptors (Lipinski definition) is 1. The first kappa shape index (κ1) is 29.1. The molecule has 0 aliphatic heterocycles. The molecule has 1 aliphatic carbocycles. The normalized spacial score (nSPS) is 13.2. The molecular weight excluding hydrogens is 629 g/mol. The second-order valence-electron chi connectivity index (χ2n) is 14.0. The minimum absolute atomic E-state index is 0.538. The predicted molar refractivity (Wildman–Crippen MR) is 217 cm³/mol. The fourth-order valence-electron chi connectivity index (χ4n) is 9.14. The van der Waals surface area contributed by atoms with E-state index in [1.807, 2.05) is 0 Å². The Morgan fingerprint density at radius 2 is 1.00 bits per heavy atom. The van der Waals surface area contributed by atoms with Gasteiger partial charge in [0, 0.05) is 10.8 Å². The molecule has 1 nitrogen and oxygen atoms in total. The summed E-state index contributed by atoms with van der Waals surface area (Å²) in [6.45, 7) is 0. The van der Waals surface area contributed by atoms with Gasteiger partial charge in [0.2, 0.25) is 0 Å². The van der Waals surface area contributed by atoms with E-state index in [2.05, 4.69) is 194 Å². The fourth-order valence-corrected chi connectivity index (χ4v) is 9.14. The van der Waals surface area contributed by atoms with Gasteiger partial charge in [-0.25, -0.2) is 0 Å². The first-order valence-electron chi connectivity index (χ1n) is 18.0. The van der Waals surface area contributed by atoms with Crippen LogP contribution in [0.5, 0.6) is 0 Å². The van der Waals surface area contributed by atoms with E-state index in [1.54, 1.807) is 0 Å². The molecule has 0 unspecified atom stereocenters.